The molecule has 3 rings (SSSR count). The molecule has 0 unspecified atom stereocenters. The first-order valence-electron chi connectivity index (χ1n) is 10.6. The van der Waals surface area contributed by atoms with Gasteiger partial charge in [-0.3, -0.25) is 9.52 Å². The highest BCUT2D eigenvalue weighted by Gasteiger charge is 2.26. The molecule has 1 saturated carbocycles. The van der Waals surface area contributed by atoms with Crippen LogP contribution in [0.25, 0.3) is 0 Å². The molecule has 1 atom stereocenters. The van der Waals surface area contributed by atoms with E-state index in [2.05, 4.69) is 10.0 Å². The van der Waals surface area contributed by atoms with Crippen molar-refractivity contribution >= 4 is 27.3 Å². The largest absolute Gasteiger partial charge is 0.492 e. The predicted octanol–water partition coefficient (Wildman–Crippen LogP) is 3.97. The Morgan fingerprint density at radius 1 is 1.16 bits per heavy atom. The summed E-state index contributed by atoms with van der Waals surface area (Å²) in [7, 11) is -3.90. The average molecular weight is 447 g/mol. The van der Waals surface area contributed by atoms with Gasteiger partial charge in [-0.1, -0.05) is 26.0 Å². The van der Waals surface area contributed by atoms with Crippen molar-refractivity contribution in [3.63, 3.8) is 0 Å². The van der Waals surface area contributed by atoms with Crippen molar-refractivity contribution in [2.75, 3.05) is 23.3 Å². The fourth-order valence-electron chi connectivity index (χ4n) is 3.39. The van der Waals surface area contributed by atoms with Crippen LogP contribution in [0.5, 0.6) is 5.75 Å². The van der Waals surface area contributed by atoms with Crippen molar-refractivity contribution in [1.29, 1.82) is 0 Å². The SMILES string of the molecule is CCOc1cc(NC(=O)[C@@H](CO)C(C)C)ccc1S(=O)(=O)Nc1cccc(C2CC2)c1. The molecule has 168 valence electrons. The smallest absolute Gasteiger partial charge is 0.265 e. The van der Waals surface area contributed by atoms with Gasteiger partial charge >= 0.3 is 0 Å². The maximum atomic E-state index is 13.1. The Morgan fingerprint density at radius 3 is 2.52 bits per heavy atom. The number of aliphatic hydroxyl groups is 1. The summed E-state index contributed by atoms with van der Waals surface area (Å²) in [6.07, 6.45) is 2.26. The molecule has 2 aromatic carbocycles. The fourth-order valence-corrected chi connectivity index (χ4v) is 4.57. The Morgan fingerprint density at radius 2 is 1.90 bits per heavy atom. The van der Waals surface area contributed by atoms with Crippen LogP contribution in [0.15, 0.2) is 47.4 Å². The minimum Gasteiger partial charge on any atom is -0.492 e. The van der Waals surface area contributed by atoms with Gasteiger partial charge in [0.05, 0.1) is 19.1 Å². The zero-order chi connectivity index (χ0) is 22.6. The number of aliphatic hydroxyl groups excluding tert-OH is 1. The van der Waals surface area contributed by atoms with E-state index in [-0.39, 0.29) is 35.7 Å². The van der Waals surface area contributed by atoms with Crippen LogP contribution in [0.4, 0.5) is 11.4 Å². The number of hydrogen-bond acceptors (Lipinski definition) is 5. The average Bonchev–Trinajstić information content (AvgIpc) is 3.53. The summed E-state index contributed by atoms with van der Waals surface area (Å²) in [5, 5.41) is 12.2. The Labute approximate surface area is 183 Å². The van der Waals surface area contributed by atoms with Gasteiger partial charge in [-0.15, -0.1) is 0 Å². The summed E-state index contributed by atoms with van der Waals surface area (Å²) in [6.45, 7) is 5.46. The van der Waals surface area contributed by atoms with E-state index in [1.165, 1.54) is 18.2 Å². The second kappa shape index (κ2) is 9.70. The van der Waals surface area contributed by atoms with Crippen LogP contribution < -0.4 is 14.8 Å². The number of rotatable bonds is 10. The molecular formula is C23H30N2O5S. The first-order chi connectivity index (χ1) is 14.7. The van der Waals surface area contributed by atoms with Crippen LogP contribution in [0, 0.1) is 11.8 Å². The Kier molecular flexibility index (Phi) is 7.23. The monoisotopic (exact) mass is 446 g/mol. The number of amides is 1. The molecule has 3 N–H and O–H groups in total. The van der Waals surface area contributed by atoms with E-state index in [4.69, 9.17) is 4.74 Å². The third-order valence-electron chi connectivity index (χ3n) is 5.33. The quantitative estimate of drug-likeness (QED) is 0.512. The second-order valence-electron chi connectivity index (χ2n) is 8.12. The minimum absolute atomic E-state index is 0.00765. The topological polar surface area (TPSA) is 105 Å². The molecule has 1 fully saturated rings. The third-order valence-corrected chi connectivity index (χ3v) is 6.75. The van der Waals surface area contributed by atoms with Gasteiger partial charge in [0.2, 0.25) is 5.91 Å². The predicted molar refractivity (Wildman–Crippen MR) is 121 cm³/mol. The normalized spacial score (nSPS) is 14.9. The van der Waals surface area contributed by atoms with E-state index >= 15 is 0 Å². The van der Waals surface area contributed by atoms with Gasteiger partial charge in [-0.25, -0.2) is 8.42 Å². The van der Waals surface area contributed by atoms with Crippen LogP contribution in [-0.2, 0) is 14.8 Å². The third kappa shape index (κ3) is 5.77. The van der Waals surface area contributed by atoms with Gasteiger partial charge < -0.3 is 15.2 Å². The van der Waals surface area contributed by atoms with E-state index in [1.807, 2.05) is 32.0 Å². The van der Waals surface area contributed by atoms with Gasteiger partial charge in [0.15, 0.2) is 0 Å². The zero-order valence-electron chi connectivity index (χ0n) is 18.1. The summed E-state index contributed by atoms with van der Waals surface area (Å²) in [5.41, 5.74) is 2.04. The van der Waals surface area contributed by atoms with Crippen molar-refractivity contribution in [2.45, 2.75) is 44.4 Å². The van der Waals surface area contributed by atoms with Crippen LogP contribution in [0.3, 0.4) is 0 Å². The molecule has 0 heterocycles. The van der Waals surface area contributed by atoms with Gasteiger partial charge in [-0.2, -0.15) is 0 Å². The first-order valence-corrected chi connectivity index (χ1v) is 12.0. The molecule has 8 heteroatoms. The summed E-state index contributed by atoms with van der Waals surface area (Å²) in [6, 6.07) is 11.9. The molecule has 1 amide bonds. The molecule has 1 aliphatic rings. The van der Waals surface area contributed by atoms with Crippen LogP contribution in [0.2, 0.25) is 0 Å². The Bertz CT molecular complexity index is 1030. The van der Waals surface area contributed by atoms with E-state index in [9.17, 15) is 18.3 Å². The zero-order valence-corrected chi connectivity index (χ0v) is 18.9. The first kappa shape index (κ1) is 23.1. The lowest BCUT2D eigenvalue weighted by Crippen LogP contribution is -2.29. The van der Waals surface area contributed by atoms with Crippen molar-refractivity contribution in [1.82, 2.24) is 0 Å². The summed E-state index contributed by atoms with van der Waals surface area (Å²) >= 11 is 0. The van der Waals surface area contributed by atoms with Gasteiger partial charge in [0.1, 0.15) is 10.6 Å². The molecule has 0 bridgehead atoms. The number of benzene rings is 2. The van der Waals surface area contributed by atoms with Crippen molar-refractivity contribution < 1.29 is 23.1 Å². The van der Waals surface area contributed by atoms with Crippen molar-refractivity contribution in [3.05, 3.63) is 48.0 Å². The Hall–Kier alpha value is -2.58. The highest BCUT2D eigenvalue weighted by Crippen LogP contribution is 2.41. The lowest BCUT2D eigenvalue weighted by Gasteiger charge is -2.19. The van der Waals surface area contributed by atoms with Crippen LogP contribution in [0.1, 0.15) is 45.1 Å². The van der Waals surface area contributed by atoms with Crippen LogP contribution >= 0.6 is 0 Å². The summed E-state index contributed by atoms with van der Waals surface area (Å²) in [4.78, 5) is 12.4. The molecule has 0 aromatic heterocycles. The number of anilines is 2. The van der Waals surface area contributed by atoms with Gasteiger partial charge in [-0.05, 0) is 61.4 Å². The molecule has 0 aliphatic heterocycles. The van der Waals surface area contributed by atoms with E-state index in [1.54, 1.807) is 13.0 Å². The molecular weight excluding hydrogens is 416 g/mol. The fraction of sp³-hybridized carbons (Fsp3) is 0.435. The summed E-state index contributed by atoms with van der Waals surface area (Å²) < 4.78 is 34.3. The molecule has 0 spiro atoms. The van der Waals surface area contributed by atoms with Crippen LogP contribution in [-0.4, -0.2) is 32.6 Å². The number of sulfonamides is 1. The van der Waals surface area contributed by atoms with Crippen molar-refractivity contribution in [2.24, 2.45) is 11.8 Å². The maximum absolute atomic E-state index is 13.1. The Balaban J connectivity index is 1.84. The molecule has 0 radical (unpaired) electrons. The maximum Gasteiger partial charge on any atom is 0.265 e. The van der Waals surface area contributed by atoms with E-state index in [0.29, 0.717) is 17.3 Å². The summed E-state index contributed by atoms with van der Waals surface area (Å²) in [5.74, 6) is -0.257. The molecule has 2 aromatic rings. The number of nitrogens with one attached hydrogen (secondary N) is 2. The highest BCUT2D eigenvalue weighted by atomic mass is 32.2. The number of ether oxygens (including phenoxy) is 1. The molecule has 7 nitrogen and oxygen atoms in total. The highest BCUT2D eigenvalue weighted by molar-refractivity contribution is 7.92. The van der Waals surface area contributed by atoms with Crippen molar-refractivity contribution in [3.8, 4) is 5.75 Å². The molecule has 1 aliphatic carbocycles. The minimum atomic E-state index is -3.90. The van der Waals surface area contributed by atoms with E-state index in [0.717, 1.165) is 18.4 Å². The van der Waals surface area contributed by atoms with E-state index < -0.39 is 15.9 Å². The molecule has 0 saturated heterocycles. The van der Waals surface area contributed by atoms with Gasteiger partial charge in [0.25, 0.3) is 10.0 Å². The number of carbonyl (C=O) groups is 1. The standard InChI is InChI=1S/C23H30N2O5S/c1-4-30-21-13-18(24-23(27)20(14-26)15(2)3)10-11-22(21)31(28,29)25-19-7-5-6-17(12-19)16-8-9-16/h5-7,10-13,15-16,20,25-26H,4,8-9,14H2,1-3H3,(H,24,27)/t20-/m0/s1. The lowest BCUT2D eigenvalue weighted by molar-refractivity contribution is -0.122. The molecule has 31 heavy (non-hydrogen) atoms. The number of carbonyl (C=O) groups excluding carboxylic acids is 1. The number of hydrogen-bond donors (Lipinski definition) is 3. The lowest BCUT2D eigenvalue weighted by atomic mass is 9.96. The van der Waals surface area contributed by atoms with Gasteiger partial charge in [0, 0.05) is 17.4 Å². The second-order valence-corrected chi connectivity index (χ2v) is 9.77.